The van der Waals surface area contributed by atoms with Gasteiger partial charge in [0, 0.05) is 17.7 Å². The first-order valence-electron chi connectivity index (χ1n) is 11.1. The van der Waals surface area contributed by atoms with E-state index in [0.717, 1.165) is 29.0 Å². The van der Waals surface area contributed by atoms with Crippen LogP contribution in [0.2, 0.25) is 0 Å². The van der Waals surface area contributed by atoms with Crippen LogP contribution in [0.5, 0.6) is 5.75 Å². The van der Waals surface area contributed by atoms with Crippen molar-refractivity contribution in [3.05, 3.63) is 54.4 Å². The van der Waals surface area contributed by atoms with E-state index < -0.39 is 11.6 Å². The SMILES string of the molecule is CC[C@H]1[C@H](/C=C/c2ccc(-c3ccc(OC)cc3)cn2)[C@@H]2[C@@H](C)OC(=O)[C@]2(O)C[C@@H]1C. The van der Waals surface area contributed by atoms with Crippen LogP contribution in [-0.2, 0) is 9.53 Å². The average Bonchev–Trinajstić information content (AvgIpc) is 3.00. The van der Waals surface area contributed by atoms with E-state index in [1.807, 2.05) is 49.5 Å². The minimum atomic E-state index is -1.38. The number of carbonyl (C=O) groups excluding carboxylic acids is 1. The minimum Gasteiger partial charge on any atom is -0.497 e. The molecule has 1 saturated heterocycles. The number of nitrogens with zero attached hydrogens (tertiary/aromatic N) is 1. The first kappa shape index (κ1) is 21.6. The molecular weight excluding hydrogens is 390 g/mol. The summed E-state index contributed by atoms with van der Waals surface area (Å²) in [4.78, 5) is 17.0. The maximum absolute atomic E-state index is 12.4. The number of cyclic esters (lactones) is 1. The van der Waals surface area contributed by atoms with Crippen molar-refractivity contribution in [1.82, 2.24) is 4.98 Å². The summed E-state index contributed by atoms with van der Waals surface area (Å²) in [7, 11) is 1.66. The predicted molar refractivity (Wildman–Crippen MR) is 120 cm³/mol. The van der Waals surface area contributed by atoms with Crippen LogP contribution < -0.4 is 4.74 Å². The van der Waals surface area contributed by atoms with E-state index >= 15 is 0 Å². The lowest BCUT2D eigenvalue weighted by molar-refractivity contribution is -0.160. The van der Waals surface area contributed by atoms with Crippen LogP contribution in [0.4, 0.5) is 0 Å². The maximum atomic E-state index is 12.4. The quantitative estimate of drug-likeness (QED) is 0.706. The number of hydrogen-bond donors (Lipinski definition) is 1. The topological polar surface area (TPSA) is 68.7 Å². The molecular formula is C26H31NO4. The van der Waals surface area contributed by atoms with Crippen molar-refractivity contribution in [2.45, 2.75) is 45.3 Å². The summed E-state index contributed by atoms with van der Waals surface area (Å²) < 4.78 is 10.7. The van der Waals surface area contributed by atoms with E-state index in [2.05, 4.69) is 31.0 Å². The fourth-order valence-electron chi connectivity index (χ4n) is 5.61. The number of carbonyl (C=O) groups is 1. The second-order valence-corrected chi connectivity index (χ2v) is 8.95. The van der Waals surface area contributed by atoms with Gasteiger partial charge in [-0.25, -0.2) is 4.79 Å². The Hall–Kier alpha value is -2.66. The molecule has 1 aliphatic heterocycles. The third-order valence-electron chi connectivity index (χ3n) is 7.15. The molecule has 1 N–H and O–H groups in total. The Morgan fingerprint density at radius 2 is 1.90 bits per heavy atom. The number of methoxy groups -OCH3 is 1. The molecule has 1 aliphatic carbocycles. The molecule has 4 rings (SSSR count). The molecule has 164 valence electrons. The molecule has 5 nitrogen and oxygen atoms in total. The highest BCUT2D eigenvalue weighted by Crippen LogP contribution is 2.52. The van der Waals surface area contributed by atoms with Gasteiger partial charge in [-0.05, 0) is 60.9 Å². The van der Waals surface area contributed by atoms with Gasteiger partial charge in [0.25, 0.3) is 0 Å². The first-order valence-corrected chi connectivity index (χ1v) is 11.1. The summed E-state index contributed by atoms with van der Waals surface area (Å²) >= 11 is 0. The van der Waals surface area contributed by atoms with Crippen LogP contribution in [0.25, 0.3) is 17.2 Å². The van der Waals surface area contributed by atoms with Crippen molar-refractivity contribution in [1.29, 1.82) is 0 Å². The molecule has 0 amide bonds. The van der Waals surface area contributed by atoms with Gasteiger partial charge in [-0.2, -0.15) is 0 Å². The van der Waals surface area contributed by atoms with Crippen LogP contribution in [0.1, 0.15) is 39.3 Å². The Morgan fingerprint density at radius 1 is 1.19 bits per heavy atom. The van der Waals surface area contributed by atoms with Gasteiger partial charge < -0.3 is 14.6 Å². The Balaban J connectivity index is 1.57. The third-order valence-corrected chi connectivity index (χ3v) is 7.15. The van der Waals surface area contributed by atoms with Crippen LogP contribution >= 0.6 is 0 Å². The average molecular weight is 422 g/mol. The summed E-state index contributed by atoms with van der Waals surface area (Å²) in [6.07, 6.45) is 7.18. The number of hydrogen-bond acceptors (Lipinski definition) is 5. The number of aliphatic hydroxyl groups is 1. The van der Waals surface area contributed by atoms with E-state index in [-0.39, 0.29) is 23.9 Å². The number of pyridine rings is 1. The largest absolute Gasteiger partial charge is 0.497 e. The molecule has 6 atom stereocenters. The number of aromatic nitrogens is 1. The molecule has 2 aromatic rings. The van der Waals surface area contributed by atoms with E-state index in [0.29, 0.717) is 12.3 Å². The summed E-state index contributed by atoms with van der Waals surface area (Å²) in [5.74, 6) is 0.819. The second-order valence-electron chi connectivity index (χ2n) is 8.95. The summed E-state index contributed by atoms with van der Waals surface area (Å²) in [6.45, 7) is 6.20. The molecule has 1 saturated carbocycles. The van der Waals surface area contributed by atoms with Gasteiger partial charge in [0.2, 0.25) is 0 Å². The smallest absolute Gasteiger partial charge is 0.338 e. The Kier molecular flexibility index (Phi) is 5.89. The van der Waals surface area contributed by atoms with Gasteiger partial charge in [-0.1, -0.05) is 44.5 Å². The first-order chi connectivity index (χ1) is 14.9. The second kappa shape index (κ2) is 8.46. The van der Waals surface area contributed by atoms with Crippen molar-refractivity contribution < 1.29 is 19.4 Å². The van der Waals surface area contributed by atoms with Crippen LogP contribution in [-0.4, -0.2) is 34.9 Å². The van der Waals surface area contributed by atoms with Gasteiger partial charge in [-0.15, -0.1) is 0 Å². The minimum absolute atomic E-state index is 0.0586. The lowest BCUT2D eigenvalue weighted by atomic mass is 9.59. The van der Waals surface area contributed by atoms with E-state index in [9.17, 15) is 9.90 Å². The lowest BCUT2D eigenvalue weighted by Crippen LogP contribution is -2.53. The summed E-state index contributed by atoms with van der Waals surface area (Å²) in [5.41, 5.74) is 1.59. The molecule has 0 unspecified atom stereocenters. The standard InChI is InChI=1S/C26H31NO4/c1-5-22-16(2)14-26(29)24(17(3)31-25(26)28)23(22)13-10-20-9-6-19(15-27-20)18-7-11-21(30-4)12-8-18/h6-13,15-17,22-24,29H,5,14H2,1-4H3/b13-10+/t16-,17+,22+,23-,24-,26-/m0/s1. The molecule has 0 spiro atoms. The van der Waals surface area contributed by atoms with E-state index in [1.165, 1.54) is 0 Å². The number of benzene rings is 1. The Labute approximate surface area is 184 Å². The fraction of sp³-hybridized carbons (Fsp3) is 0.462. The van der Waals surface area contributed by atoms with Crippen molar-refractivity contribution in [2.75, 3.05) is 7.11 Å². The predicted octanol–water partition coefficient (Wildman–Crippen LogP) is 4.75. The highest BCUT2D eigenvalue weighted by molar-refractivity contribution is 5.82. The van der Waals surface area contributed by atoms with Gasteiger partial charge in [0.1, 0.15) is 11.9 Å². The lowest BCUT2D eigenvalue weighted by Gasteiger charge is -2.45. The zero-order valence-electron chi connectivity index (χ0n) is 18.6. The number of fused-ring (bicyclic) bond motifs is 1. The van der Waals surface area contributed by atoms with E-state index in [4.69, 9.17) is 9.47 Å². The number of ether oxygens (including phenoxy) is 2. The number of esters is 1. The van der Waals surface area contributed by atoms with Crippen LogP contribution in [0.3, 0.4) is 0 Å². The van der Waals surface area contributed by atoms with Crippen LogP contribution in [0.15, 0.2) is 48.7 Å². The molecule has 1 aromatic carbocycles. The zero-order valence-corrected chi connectivity index (χ0v) is 18.6. The highest BCUT2D eigenvalue weighted by atomic mass is 16.6. The molecule has 0 radical (unpaired) electrons. The zero-order chi connectivity index (χ0) is 22.2. The third kappa shape index (κ3) is 3.87. The molecule has 5 heteroatoms. The summed E-state index contributed by atoms with van der Waals surface area (Å²) in [5, 5.41) is 11.2. The Bertz CT molecular complexity index is 952. The highest BCUT2D eigenvalue weighted by Gasteiger charge is 2.62. The van der Waals surface area contributed by atoms with Gasteiger partial charge in [0.05, 0.1) is 12.8 Å². The molecule has 2 heterocycles. The van der Waals surface area contributed by atoms with Crippen LogP contribution in [0, 0.1) is 23.7 Å². The molecule has 0 bridgehead atoms. The molecule has 2 fully saturated rings. The fourth-order valence-corrected chi connectivity index (χ4v) is 5.61. The van der Waals surface area contributed by atoms with Gasteiger partial charge in [0.15, 0.2) is 5.60 Å². The van der Waals surface area contributed by atoms with Gasteiger partial charge >= 0.3 is 5.97 Å². The number of rotatable bonds is 5. The normalized spacial score (nSPS) is 32.7. The van der Waals surface area contributed by atoms with Gasteiger partial charge in [-0.3, -0.25) is 4.98 Å². The summed E-state index contributed by atoms with van der Waals surface area (Å²) in [6, 6.07) is 11.9. The molecule has 2 aliphatic rings. The maximum Gasteiger partial charge on any atom is 0.338 e. The van der Waals surface area contributed by atoms with Crippen molar-refractivity contribution in [2.24, 2.45) is 23.7 Å². The molecule has 31 heavy (non-hydrogen) atoms. The molecule has 1 aromatic heterocycles. The van der Waals surface area contributed by atoms with Crippen molar-refractivity contribution >= 4 is 12.0 Å². The van der Waals surface area contributed by atoms with E-state index in [1.54, 1.807) is 7.11 Å². The Morgan fingerprint density at radius 3 is 2.52 bits per heavy atom. The van der Waals surface area contributed by atoms with Crippen molar-refractivity contribution in [3.8, 4) is 16.9 Å². The number of allylic oxidation sites excluding steroid dienone is 1. The monoisotopic (exact) mass is 421 g/mol. The van der Waals surface area contributed by atoms with Crippen molar-refractivity contribution in [3.63, 3.8) is 0 Å².